The molecule has 2 aromatic rings. The van der Waals surface area contributed by atoms with Crippen LogP contribution >= 0.6 is 11.8 Å². The van der Waals surface area contributed by atoms with Crippen LogP contribution in [0.4, 0.5) is 0 Å². The van der Waals surface area contributed by atoms with Gasteiger partial charge in [-0.1, -0.05) is 39.0 Å². The molecule has 0 spiro atoms. The lowest BCUT2D eigenvalue weighted by molar-refractivity contribution is 0.552. The Morgan fingerprint density at radius 1 is 1.24 bits per heavy atom. The van der Waals surface area contributed by atoms with Crippen LogP contribution in [0.25, 0.3) is 10.9 Å². The van der Waals surface area contributed by atoms with E-state index in [0.29, 0.717) is 5.92 Å². The highest BCUT2D eigenvalue weighted by Gasteiger charge is 2.06. The van der Waals surface area contributed by atoms with Gasteiger partial charge in [-0.05, 0) is 47.4 Å². The Hall–Kier alpha value is -0.930. The molecule has 0 aliphatic rings. The molecule has 1 aromatic heterocycles. The number of fused-ring (bicyclic) bond motifs is 1. The summed E-state index contributed by atoms with van der Waals surface area (Å²) in [5, 5.41) is 4.93. The number of aryl methyl sites for hydroxylation is 1. The van der Waals surface area contributed by atoms with Gasteiger partial charge < -0.3 is 9.88 Å². The van der Waals surface area contributed by atoms with Gasteiger partial charge in [0, 0.05) is 19.3 Å². The van der Waals surface area contributed by atoms with Crippen LogP contribution < -0.4 is 5.32 Å². The number of benzene rings is 1. The molecule has 1 aromatic carbocycles. The van der Waals surface area contributed by atoms with E-state index in [2.05, 4.69) is 61.1 Å². The Labute approximate surface area is 133 Å². The van der Waals surface area contributed by atoms with Gasteiger partial charge in [0.1, 0.15) is 0 Å². The Morgan fingerprint density at radius 3 is 2.86 bits per heavy atom. The molecule has 0 atom stereocenters. The highest BCUT2D eigenvalue weighted by atomic mass is 32.2. The molecule has 116 valence electrons. The smallest absolute Gasteiger partial charge is 0.0525 e. The number of rotatable bonds is 9. The monoisotopic (exact) mass is 304 g/mol. The number of para-hydroxylation sites is 1. The lowest BCUT2D eigenvalue weighted by atomic mass is 10.1. The van der Waals surface area contributed by atoms with Gasteiger partial charge in [-0.2, -0.15) is 11.8 Å². The van der Waals surface area contributed by atoms with Crippen LogP contribution in [0.15, 0.2) is 30.5 Å². The van der Waals surface area contributed by atoms with E-state index < -0.39 is 0 Å². The molecule has 0 saturated carbocycles. The van der Waals surface area contributed by atoms with E-state index in [1.165, 1.54) is 34.4 Å². The highest BCUT2D eigenvalue weighted by molar-refractivity contribution is 7.99. The van der Waals surface area contributed by atoms with Gasteiger partial charge in [-0.3, -0.25) is 0 Å². The minimum Gasteiger partial charge on any atom is -0.347 e. The van der Waals surface area contributed by atoms with Crippen molar-refractivity contribution in [2.45, 2.75) is 40.3 Å². The van der Waals surface area contributed by atoms with E-state index in [0.717, 1.165) is 19.6 Å². The minimum atomic E-state index is 0.696. The zero-order chi connectivity index (χ0) is 15.1. The zero-order valence-corrected chi connectivity index (χ0v) is 14.4. The molecule has 0 aliphatic carbocycles. The van der Waals surface area contributed by atoms with E-state index in [1.807, 2.05) is 11.8 Å². The quantitative estimate of drug-likeness (QED) is 0.685. The van der Waals surface area contributed by atoms with Crippen molar-refractivity contribution in [3.05, 3.63) is 36.0 Å². The molecule has 2 rings (SSSR count). The fraction of sp³-hybridized carbons (Fsp3) is 0.556. The molecule has 0 saturated heterocycles. The van der Waals surface area contributed by atoms with Gasteiger partial charge in [0.05, 0.1) is 5.52 Å². The van der Waals surface area contributed by atoms with Gasteiger partial charge in [-0.15, -0.1) is 0 Å². The van der Waals surface area contributed by atoms with Crippen LogP contribution in [0.2, 0.25) is 0 Å². The molecule has 0 bridgehead atoms. The summed E-state index contributed by atoms with van der Waals surface area (Å²) >= 11 is 2.03. The summed E-state index contributed by atoms with van der Waals surface area (Å²) < 4.78 is 2.43. The molecular formula is C18H28N2S. The second kappa shape index (κ2) is 8.50. The van der Waals surface area contributed by atoms with Gasteiger partial charge in [0.15, 0.2) is 0 Å². The van der Waals surface area contributed by atoms with E-state index in [9.17, 15) is 0 Å². The first-order valence-corrected chi connectivity index (χ1v) is 9.23. The second-order valence-electron chi connectivity index (χ2n) is 5.94. The summed E-state index contributed by atoms with van der Waals surface area (Å²) in [4.78, 5) is 0. The van der Waals surface area contributed by atoms with Crippen LogP contribution in [-0.4, -0.2) is 22.6 Å². The van der Waals surface area contributed by atoms with Crippen LogP contribution in [-0.2, 0) is 13.1 Å². The molecule has 0 amide bonds. The van der Waals surface area contributed by atoms with Crippen molar-refractivity contribution in [2.24, 2.45) is 5.92 Å². The molecule has 3 heteroatoms. The van der Waals surface area contributed by atoms with Crippen molar-refractivity contribution in [3.8, 4) is 0 Å². The number of nitrogens with zero attached hydrogens (tertiary/aromatic N) is 1. The second-order valence-corrected chi connectivity index (χ2v) is 7.33. The van der Waals surface area contributed by atoms with Crippen LogP contribution in [0.5, 0.6) is 0 Å². The standard InChI is InChI=1S/C18H28N2S/c1-4-21-12-6-10-20-11-9-16-7-5-8-17(18(16)20)14-19-13-15(2)3/h5,7-9,11,15,19H,4,6,10,12-14H2,1-3H3. The zero-order valence-electron chi connectivity index (χ0n) is 13.6. The van der Waals surface area contributed by atoms with Crippen molar-refractivity contribution < 1.29 is 0 Å². The van der Waals surface area contributed by atoms with Crippen molar-refractivity contribution in [2.75, 3.05) is 18.1 Å². The number of hydrogen-bond acceptors (Lipinski definition) is 2. The maximum atomic E-state index is 3.57. The maximum Gasteiger partial charge on any atom is 0.0525 e. The van der Waals surface area contributed by atoms with Crippen molar-refractivity contribution >= 4 is 22.7 Å². The topological polar surface area (TPSA) is 17.0 Å². The summed E-state index contributed by atoms with van der Waals surface area (Å²) in [5.74, 6) is 3.17. The predicted octanol–water partition coefficient (Wildman–Crippen LogP) is 4.53. The van der Waals surface area contributed by atoms with Crippen LogP contribution in [0.3, 0.4) is 0 Å². The average Bonchev–Trinajstić information content (AvgIpc) is 2.87. The largest absolute Gasteiger partial charge is 0.347 e. The molecule has 0 fully saturated rings. The Morgan fingerprint density at radius 2 is 2.10 bits per heavy atom. The van der Waals surface area contributed by atoms with Crippen LogP contribution in [0, 0.1) is 5.92 Å². The normalized spacial score (nSPS) is 11.6. The van der Waals surface area contributed by atoms with Gasteiger partial charge in [0.2, 0.25) is 0 Å². The first kappa shape index (κ1) is 16.4. The fourth-order valence-corrected chi connectivity index (χ4v) is 3.27. The molecule has 1 heterocycles. The van der Waals surface area contributed by atoms with Gasteiger partial charge in [0.25, 0.3) is 0 Å². The highest BCUT2D eigenvalue weighted by Crippen LogP contribution is 2.21. The summed E-state index contributed by atoms with van der Waals surface area (Å²) in [7, 11) is 0. The molecule has 2 nitrogen and oxygen atoms in total. The van der Waals surface area contributed by atoms with Gasteiger partial charge in [-0.25, -0.2) is 0 Å². The summed E-state index contributed by atoms with van der Waals surface area (Å²) in [6, 6.07) is 8.89. The SMILES string of the molecule is CCSCCCn1ccc2cccc(CNCC(C)C)c21. The third-order valence-corrected chi connectivity index (χ3v) is 4.62. The third kappa shape index (κ3) is 4.79. The number of nitrogens with one attached hydrogen (secondary N) is 1. The molecular weight excluding hydrogens is 276 g/mol. The van der Waals surface area contributed by atoms with E-state index in [1.54, 1.807) is 0 Å². The number of aromatic nitrogens is 1. The predicted molar refractivity (Wildman–Crippen MR) is 96.1 cm³/mol. The minimum absolute atomic E-state index is 0.696. The summed E-state index contributed by atoms with van der Waals surface area (Å²) in [5.41, 5.74) is 2.83. The summed E-state index contributed by atoms with van der Waals surface area (Å²) in [6.45, 7) is 9.89. The molecule has 21 heavy (non-hydrogen) atoms. The Bertz CT molecular complexity index is 545. The van der Waals surface area contributed by atoms with Crippen molar-refractivity contribution in [1.29, 1.82) is 0 Å². The fourth-order valence-electron chi connectivity index (χ4n) is 2.65. The lowest BCUT2D eigenvalue weighted by Gasteiger charge is -2.12. The molecule has 0 radical (unpaired) electrons. The maximum absolute atomic E-state index is 3.57. The molecule has 0 aliphatic heterocycles. The van der Waals surface area contributed by atoms with Crippen molar-refractivity contribution in [1.82, 2.24) is 9.88 Å². The third-order valence-electron chi connectivity index (χ3n) is 3.63. The first-order valence-electron chi connectivity index (χ1n) is 8.07. The Balaban J connectivity index is 2.07. The number of hydrogen-bond donors (Lipinski definition) is 1. The first-order chi connectivity index (χ1) is 10.2. The van der Waals surface area contributed by atoms with E-state index >= 15 is 0 Å². The number of thioether (sulfide) groups is 1. The molecule has 1 N–H and O–H groups in total. The van der Waals surface area contributed by atoms with E-state index in [-0.39, 0.29) is 0 Å². The van der Waals surface area contributed by atoms with E-state index in [4.69, 9.17) is 0 Å². The summed E-state index contributed by atoms with van der Waals surface area (Å²) in [6.07, 6.45) is 3.49. The average molecular weight is 305 g/mol. The Kier molecular flexibility index (Phi) is 6.65. The molecule has 0 unspecified atom stereocenters. The lowest BCUT2D eigenvalue weighted by Crippen LogP contribution is -2.19. The van der Waals surface area contributed by atoms with Crippen molar-refractivity contribution in [3.63, 3.8) is 0 Å². The van der Waals surface area contributed by atoms with Gasteiger partial charge >= 0.3 is 0 Å². The van der Waals surface area contributed by atoms with Crippen LogP contribution in [0.1, 0.15) is 32.8 Å².